The molecule has 3 rings (SSSR count). The largest absolute Gasteiger partial charge is 0.423 e. The third-order valence-electron chi connectivity index (χ3n) is 3.32. The van der Waals surface area contributed by atoms with E-state index in [-0.39, 0.29) is 6.04 Å². The second-order valence-corrected chi connectivity index (χ2v) is 4.54. The average molecular weight is 223 g/mol. The van der Waals surface area contributed by atoms with Gasteiger partial charge in [-0.2, -0.15) is 0 Å². The van der Waals surface area contributed by atoms with E-state index in [9.17, 15) is 0 Å². The van der Waals surface area contributed by atoms with Crippen LogP contribution in [0.3, 0.4) is 0 Å². The summed E-state index contributed by atoms with van der Waals surface area (Å²) in [6, 6.07) is 0.269. The van der Waals surface area contributed by atoms with Gasteiger partial charge in [-0.15, -0.1) is 10.2 Å². The SMILES string of the molecule is C1COCC(c2nnc(C3CCCN3)o2)C1. The Morgan fingerprint density at radius 1 is 1.12 bits per heavy atom. The molecular weight excluding hydrogens is 206 g/mol. The summed E-state index contributed by atoms with van der Waals surface area (Å²) < 4.78 is 11.2. The van der Waals surface area contributed by atoms with Crippen LogP contribution in [0.4, 0.5) is 0 Å². The zero-order valence-corrected chi connectivity index (χ0v) is 9.32. The first kappa shape index (κ1) is 10.2. The fourth-order valence-corrected chi connectivity index (χ4v) is 2.38. The molecule has 0 aliphatic carbocycles. The van der Waals surface area contributed by atoms with Crippen molar-refractivity contribution in [3.05, 3.63) is 11.8 Å². The highest BCUT2D eigenvalue weighted by Crippen LogP contribution is 2.27. The van der Waals surface area contributed by atoms with Crippen molar-refractivity contribution in [2.45, 2.75) is 37.6 Å². The van der Waals surface area contributed by atoms with Crippen LogP contribution in [0.25, 0.3) is 0 Å². The highest BCUT2D eigenvalue weighted by molar-refractivity contribution is 4.97. The van der Waals surface area contributed by atoms with Gasteiger partial charge in [0.05, 0.1) is 18.6 Å². The van der Waals surface area contributed by atoms with Crippen molar-refractivity contribution < 1.29 is 9.15 Å². The maximum atomic E-state index is 5.74. The lowest BCUT2D eigenvalue weighted by Crippen LogP contribution is -2.15. The summed E-state index contributed by atoms with van der Waals surface area (Å²) in [5.41, 5.74) is 0. The van der Waals surface area contributed by atoms with E-state index in [1.54, 1.807) is 0 Å². The molecule has 1 N–H and O–H groups in total. The molecule has 16 heavy (non-hydrogen) atoms. The Morgan fingerprint density at radius 3 is 2.81 bits per heavy atom. The minimum Gasteiger partial charge on any atom is -0.423 e. The number of aromatic nitrogens is 2. The van der Waals surface area contributed by atoms with Gasteiger partial charge in [0, 0.05) is 6.61 Å². The predicted molar refractivity (Wildman–Crippen MR) is 57.1 cm³/mol. The minimum atomic E-state index is 0.269. The summed E-state index contributed by atoms with van der Waals surface area (Å²) in [5, 5.41) is 11.6. The van der Waals surface area contributed by atoms with Gasteiger partial charge in [0.2, 0.25) is 11.8 Å². The Kier molecular flexibility index (Phi) is 2.88. The van der Waals surface area contributed by atoms with Gasteiger partial charge >= 0.3 is 0 Å². The number of rotatable bonds is 2. The Labute approximate surface area is 94.6 Å². The molecule has 0 amide bonds. The molecule has 5 nitrogen and oxygen atoms in total. The molecule has 2 fully saturated rings. The van der Waals surface area contributed by atoms with Gasteiger partial charge in [-0.1, -0.05) is 0 Å². The van der Waals surface area contributed by atoms with E-state index in [0.717, 1.165) is 50.8 Å². The van der Waals surface area contributed by atoms with E-state index in [2.05, 4.69) is 15.5 Å². The number of nitrogens with one attached hydrogen (secondary N) is 1. The first-order valence-electron chi connectivity index (χ1n) is 6.08. The van der Waals surface area contributed by atoms with Crippen LogP contribution in [-0.4, -0.2) is 30.0 Å². The summed E-state index contributed by atoms with van der Waals surface area (Å²) in [7, 11) is 0. The van der Waals surface area contributed by atoms with Crippen molar-refractivity contribution in [2.75, 3.05) is 19.8 Å². The molecule has 0 bridgehead atoms. The normalized spacial score (nSPS) is 30.8. The third kappa shape index (κ3) is 1.97. The summed E-state index contributed by atoms with van der Waals surface area (Å²) >= 11 is 0. The topological polar surface area (TPSA) is 60.2 Å². The Morgan fingerprint density at radius 2 is 2.06 bits per heavy atom. The first-order valence-corrected chi connectivity index (χ1v) is 6.08. The van der Waals surface area contributed by atoms with Gasteiger partial charge in [-0.05, 0) is 32.2 Å². The zero-order chi connectivity index (χ0) is 10.8. The van der Waals surface area contributed by atoms with Gasteiger partial charge in [0.25, 0.3) is 0 Å². The molecular formula is C11H17N3O2. The van der Waals surface area contributed by atoms with E-state index in [0.29, 0.717) is 5.92 Å². The van der Waals surface area contributed by atoms with Crippen LogP contribution in [0.5, 0.6) is 0 Å². The molecule has 0 aromatic carbocycles. The number of nitrogens with zero attached hydrogens (tertiary/aromatic N) is 2. The van der Waals surface area contributed by atoms with E-state index in [1.807, 2.05) is 0 Å². The number of hydrogen-bond donors (Lipinski definition) is 1. The van der Waals surface area contributed by atoms with Gasteiger partial charge in [0.15, 0.2) is 0 Å². The molecule has 2 aliphatic rings. The lowest BCUT2D eigenvalue weighted by molar-refractivity contribution is 0.0719. The molecule has 2 unspecified atom stereocenters. The number of hydrogen-bond acceptors (Lipinski definition) is 5. The molecule has 88 valence electrons. The monoisotopic (exact) mass is 223 g/mol. The van der Waals surface area contributed by atoms with Crippen LogP contribution in [0.15, 0.2) is 4.42 Å². The minimum absolute atomic E-state index is 0.269. The quantitative estimate of drug-likeness (QED) is 0.821. The van der Waals surface area contributed by atoms with E-state index in [1.165, 1.54) is 6.42 Å². The first-order chi connectivity index (χ1) is 7.93. The molecule has 0 spiro atoms. The number of ether oxygens (including phenoxy) is 1. The van der Waals surface area contributed by atoms with E-state index in [4.69, 9.17) is 9.15 Å². The Bertz CT molecular complexity index is 341. The maximum Gasteiger partial charge on any atom is 0.233 e. The van der Waals surface area contributed by atoms with Crippen molar-refractivity contribution in [3.63, 3.8) is 0 Å². The lowest BCUT2D eigenvalue weighted by Gasteiger charge is -2.18. The maximum absolute atomic E-state index is 5.74. The molecule has 5 heteroatoms. The van der Waals surface area contributed by atoms with Crippen molar-refractivity contribution >= 4 is 0 Å². The summed E-state index contributed by atoms with van der Waals surface area (Å²) in [5.74, 6) is 1.80. The summed E-state index contributed by atoms with van der Waals surface area (Å²) in [4.78, 5) is 0. The average Bonchev–Trinajstić information content (AvgIpc) is 3.01. The molecule has 3 heterocycles. The summed E-state index contributed by atoms with van der Waals surface area (Å²) in [6.07, 6.45) is 4.47. The highest BCUT2D eigenvalue weighted by atomic mass is 16.5. The highest BCUT2D eigenvalue weighted by Gasteiger charge is 2.26. The molecule has 2 atom stereocenters. The second kappa shape index (κ2) is 4.51. The van der Waals surface area contributed by atoms with Gasteiger partial charge in [0.1, 0.15) is 0 Å². The Balaban J connectivity index is 1.71. The standard InChI is InChI=1S/C11H17N3O2/c1-4-9(12-5-1)11-14-13-10(16-11)8-3-2-6-15-7-8/h8-9,12H,1-7H2. The molecule has 2 aliphatic heterocycles. The fourth-order valence-electron chi connectivity index (χ4n) is 2.38. The van der Waals surface area contributed by atoms with Crippen molar-refractivity contribution in [1.29, 1.82) is 0 Å². The third-order valence-corrected chi connectivity index (χ3v) is 3.32. The van der Waals surface area contributed by atoms with Gasteiger partial charge < -0.3 is 14.5 Å². The van der Waals surface area contributed by atoms with Crippen molar-refractivity contribution in [3.8, 4) is 0 Å². The van der Waals surface area contributed by atoms with Crippen LogP contribution >= 0.6 is 0 Å². The summed E-state index contributed by atoms with van der Waals surface area (Å²) in [6.45, 7) is 2.64. The van der Waals surface area contributed by atoms with E-state index >= 15 is 0 Å². The fraction of sp³-hybridized carbons (Fsp3) is 0.818. The predicted octanol–water partition coefficient (Wildman–Crippen LogP) is 1.39. The zero-order valence-electron chi connectivity index (χ0n) is 9.32. The van der Waals surface area contributed by atoms with Crippen molar-refractivity contribution in [1.82, 2.24) is 15.5 Å². The lowest BCUT2D eigenvalue weighted by atomic mass is 10.0. The van der Waals surface area contributed by atoms with E-state index < -0.39 is 0 Å². The van der Waals surface area contributed by atoms with Crippen LogP contribution < -0.4 is 5.32 Å². The van der Waals surface area contributed by atoms with Crippen molar-refractivity contribution in [2.24, 2.45) is 0 Å². The second-order valence-electron chi connectivity index (χ2n) is 4.54. The molecule has 1 aromatic rings. The molecule has 0 saturated carbocycles. The van der Waals surface area contributed by atoms with Crippen LogP contribution in [0, 0.1) is 0 Å². The smallest absolute Gasteiger partial charge is 0.233 e. The van der Waals surface area contributed by atoms with Crippen LogP contribution in [0.2, 0.25) is 0 Å². The van der Waals surface area contributed by atoms with Gasteiger partial charge in [-0.25, -0.2) is 0 Å². The molecule has 2 saturated heterocycles. The molecule has 1 aromatic heterocycles. The van der Waals surface area contributed by atoms with Crippen LogP contribution in [0.1, 0.15) is 49.4 Å². The van der Waals surface area contributed by atoms with Gasteiger partial charge in [-0.3, -0.25) is 0 Å². The molecule has 0 radical (unpaired) electrons. The Hall–Kier alpha value is -0.940. The van der Waals surface area contributed by atoms with Crippen LogP contribution in [-0.2, 0) is 4.74 Å².